The number of nitrogens with one attached hydrogen (secondary N) is 1. The van der Waals surface area contributed by atoms with E-state index in [0.29, 0.717) is 17.5 Å². The normalized spacial score (nSPS) is 24.8. The van der Waals surface area contributed by atoms with Gasteiger partial charge in [0.1, 0.15) is 5.76 Å². The highest BCUT2D eigenvalue weighted by molar-refractivity contribution is 5.04. The smallest absolute Gasteiger partial charge is 0.120 e. The molecule has 1 aliphatic rings. The molecule has 1 aliphatic heterocycles. The van der Waals surface area contributed by atoms with Gasteiger partial charge in [-0.1, -0.05) is 20.8 Å². The Morgan fingerprint density at radius 2 is 2.24 bits per heavy atom. The van der Waals surface area contributed by atoms with Crippen LogP contribution in [-0.4, -0.2) is 30.6 Å². The predicted molar refractivity (Wildman–Crippen MR) is 69.9 cm³/mol. The average molecular weight is 236 g/mol. The van der Waals surface area contributed by atoms with Gasteiger partial charge in [0.25, 0.3) is 0 Å². The third-order valence-electron chi connectivity index (χ3n) is 3.75. The van der Waals surface area contributed by atoms with Crippen molar-refractivity contribution in [2.75, 3.05) is 19.6 Å². The van der Waals surface area contributed by atoms with Gasteiger partial charge in [-0.05, 0) is 24.5 Å². The highest BCUT2D eigenvalue weighted by Crippen LogP contribution is 2.27. The van der Waals surface area contributed by atoms with Gasteiger partial charge in [0.05, 0.1) is 12.3 Å². The molecule has 2 atom stereocenters. The summed E-state index contributed by atoms with van der Waals surface area (Å²) < 4.78 is 5.51. The maximum atomic E-state index is 5.51. The molecule has 1 fully saturated rings. The van der Waals surface area contributed by atoms with Gasteiger partial charge in [-0.15, -0.1) is 0 Å². The fourth-order valence-electron chi connectivity index (χ4n) is 2.41. The van der Waals surface area contributed by atoms with Crippen molar-refractivity contribution in [2.24, 2.45) is 5.41 Å². The van der Waals surface area contributed by atoms with E-state index >= 15 is 0 Å². The van der Waals surface area contributed by atoms with Crippen molar-refractivity contribution in [2.45, 2.75) is 39.8 Å². The molecule has 3 heteroatoms. The Balaban J connectivity index is 2.02. The fourth-order valence-corrected chi connectivity index (χ4v) is 2.41. The predicted octanol–water partition coefficient (Wildman–Crippen LogP) is 2.66. The maximum Gasteiger partial charge on any atom is 0.120 e. The lowest BCUT2D eigenvalue weighted by Gasteiger charge is -2.42. The highest BCUT2D eigenvalue weighted by atomic mass is 16.3. The molecular weight excluding hydrogens is 212 g/mol. The molecule has 2 heterocycles. The van der Waals surface area contributed by atoms with Gasteiger partial charge in [-0.25, -0.2) is 0 Å². The molecule has 0 saturated carbocycles. The van der Waals surface area contributed by atoms with Crippen LogP contribution in [-0.2, 0) is 0 Å². The van der Waals surface area contributed by atoms with Gasteiger partial charge in [0, 0.05) is 25.7 Å². The van der Waals surface area contributed by atoms with Gasteiger partial charge in [-0.3, -0.25) is 4.90 Å². The number of furan rings is 1. The Bertz CT molecular complexity index is 340. The van der Waals surface area contributed by atoms with Crippen LogP contribution in [0.25, 0.3) is 0 Å². The van der Waals surface area contributed by atoms with Crippen LogP contribution in [0, 0.1) is 5.41 Å². The lowest BCUT2D eigenvalue weighted by molar-refractivity contribution is 0.0952. The Morgan fingerprint density at radius 1 is 1.47 bits per heavy atom. The first-order valence-electron chi connectivity index (χ1n) is 6.49. The molecule has 2 unspecified atom stereocenters. The second-order valence-electron chi connectivity index (χ2n) is 6.06. The van der Waals surface area contributed by atoms with Gasteiger partial charge >= 0.3 is 0 Å². The zero-order chi connectivity index (χ0) is 12.5. The highest BCUT2D eigenvalue weighted by Gasteiger charge is 2.31. The molecule has 1 aromatic heterocycles. The van der Waals surface area contributed by atoms with Crippen molar-refractivity contribution >= 4 is 0 Å². The van der Waals surface area contributed by atoms with Gasteiger partial charge in [0.15, 0.2) is 0 Å². The third-order valence-corrected chi connectivity index (χ3v) is 3.75. The number of piperazine rings is 1. The van der Waals surface area contributed by atoms with Crippen molar-refractivity contribution in [3.05, 3.63) is 24.2 Å². The van der Waals surface area contributed by atoms with E-state index in [1.165, 1.54) is 0 Å². The summed E-state index contributed by atoms with van der Waals surface area (Å²) in [5, 5.41) is 3.62. The molecule has 0 bridgehead atoms. The summed E-state index contributed by atoms with van der Waals surface area (Å²) in [6, 6.07) is 4.96. The molecule has 0 aromatic carbocycles. The lowest BCUT2D eigenvalue weighted by Crippen LogP contribution is -2.56. The first kappa shape index (κ1) is 12.7. The first-order chi connectivity index (χ1) is 7.98. The molecule has 1 saturated heterocycles. The van der Waals surface area contributed by atoms with Crippen molar-refractivity contribution in [3.63, 3.8) is 0 Å². The van der Waals surface area contributed by atoms with Crippen LogP contribution in [0.3, 0.4) is 0 Å². The first-order valence-corrected chi connectivity index (χ1v) is 6.49. The zero-order valence-electron chi connectivity index (χ0n) is 11.4. The molecule has 2 rings (SSSR count). The van der Waals surface area contributed by atoms with E-state index in [4.69, 9.17) is 4.42 Å². The quantitative estimate of drug-likeness (QED) is 0.855. The van der Waals surface area contributed by atoms with E-state index < -0.39 is 0 Å². The van der Waals surface area contributed by atoms with E-state index in [0.717, 1.165) is 25.4 Å². The summed E-state index contributed by atoms with van der Waals surface area (Å²) in [6.45, 7) is 12.4. The number of rotatable bonds is 2. The number of hydrogen-bond acceptors (Lipinski definition) is 3. The monoisotopic (exact) mass is 236 g/mol. The van der Waals surface area contributed by atoms with Crippen molar-refractivity contribution in [1.82, 2.24) is 10.2 Å². The molecule has 0 spiro atoms. The molecule has 0 aliphatic carbocycles. The summed E-state index contributed by atoms with van der Waals surface area (Å²) >= 11 is 0. The average Bonchev–Trinajstić information content (AvgIpc) is 2.80. The fraction of sp³-hybridized carbons (Fsp3) is 0.714. The lowest BCUT2D eigenvalue weighted by atomic mass is 9.85. The largest absolute Gasteiger partial charge is 0.468 e. The molecule has 1 N–H and O–H groups in total. The molecule has 3 nitrogen and oxygen atoms in total. The van der Waals surface area contributed by atoms with Crippen LogP contribution >= 0.6 is 0 Å². The van der Waals surface area contributed by atoms with E-state index in [-0.39, 0.29) is 0 Å². The van der Waals surface area contributed by atoms with E-state index in [2.05, 4.69) is 44.0 Å². The molecule has 0 radical (unpaired) electrons. The molecular formula is C14H24N2O. The second kappa shape index (κ2) is 4.83. The molecule has 1 aromatic rings. The second-order valence-corrected chi connectivity index (χ2v) is 6.06. The van der Waals surface area contributed by atoms with Crippen LogP contribution in [0.5, 0.6) is 0 Å². The van der Waals surface area contributed by atoms with Crippen LogP contribution in [0.4, 0.5) is 0 Å². The summed E-state index contributed by atoms with van der Waals surface area (Å²) in [4.78, 5) is 2.51. The zero-order valence-corrected chi connectivity index (χ0v) is 11.4. The summed E-state index contributed by atoms with van der Waals surface area (Å²) in [5.74, 6) is 1.07. The SMILES string of the molecule is CC(c1ccco1)N1CCNC(C(C)(C)C)C1. The molecule has 0 amide bonds. The van der Waals surface area contributed by atoms with E-state index in [9.17, 15) is 0 Å². The summed E-state index contributed by atoms with van der Waals surface area (Å²) in [7, 11) is 0. The minimum atomic E-state index is 0.307. The molecule has 17 heavy (non-hydrogen) atoms. The Morgan fingerprint density at radius 3 is 2.82 bits per heavy atom. The minimum absolute atomic E-state index is 0.307. The van der Waals surface area contributed by atoms with Crippen LogP contribution < -0.4 is 5.32 Å². The number of hydrogen-bond donors (Lipinski definition) is 1. The Hall–Kier alpha value is -0.800. The Kier molecular flexibility index (Phi) is 3.59. The van der Waals surface area contributed by atoms with Crippen molar-refractivity contribution < 1.29 is 4.42 Å². The topological polar surface area (TPSA) is 28.4 Å². The maximum absolute atomic E-state index is 5.51. The summed E-state index contributed by atoms with van der Waals surface area (Å²) in [6.07, 6.45) is 1.76. The van der Waals surface area contributed by atoms with Gasteiger partial charge in [0.2, 0.25) is 0 Å². The van der Waals surface area contributed by atoms with Crippen LogP contribution in [0.2, 0.25) is 0 Å². The van der Waals surface area contributed by atoms with Gasteiger partial charge < -0.3 is 9.73 Å². The third kappa shape index (κ3) is 2.90. The van der Waals surface area contributed by atoms with Crippen LogP contribution in [0.15, 0.2) is 22.8 Å². The van der Waals surface area contributed by atoms with Crippen molar-refractivity contribution in [3.8, 4) is 0 Å². The van der Waals surface area contributed by atoms with Crippen molar-refractivity contribution in [1.29, 1.82) is 0 Å². The van der Waals surface area contributed by atoms with E-state index in [1.807, 2.05) is 6.07 Å². The minimum Gasteiger partial charge on any atom is -0.468 e. The summed E-state index contributed by atoms with van der Waals surface area (Å²) in [5.41, 5.74) is 0.307. The van der Waals surface area contributed by atoms with E-state index in [1.54, 1.807) is 6.26 Å². The number of nitrogens with zero attached hydrogens (tertiary/aromatic N) is 1. The Labute approximate surface area is 104 Å². The standard InChI is InChI=1S/C14H24N2O/c1-11(12-6-5-9-17-12)16-8-7-15-13(10-16)14(2,3)4/h5-6,9,11,13,15H,7-8,10H2,1-4H3. The van der Waals surface area contributed by atoms with Crippen LogP contribution in [0.1, 0.15) is 39.5 Å². The molecule has 96 valence electrons. The van der Waals surface area contributed by atoms with Gasteiger partial charge in [-0.2, -0.15) is 0 Å².